The zero-order valence-corrected chi connectivity index (χ0v) is 18.3. The first kappa shape index (κ1) is 21.2. The molecule has 0 aliphatic heterocycles. The first-order chi connectivity index (χ1) is 15.3. The summed E-state index contributed by atoms with van der Waals surface area (Å²) in [5, 5.41) is 12.0. The van der Waals surface area contributed by atoms with Crippen LogP contribution in [0.1, 0.15) is 17.5 Å². The highest BCUT2D eigenvalue weighted by atomic mass is 16.5. The minimum Gasteiger partial charge on any atom is -0.496 e. The maximum atomic E-state index is 5.49. The molecule has 0 radical (unpaired) electrons. The molecule has 0 amide bonds. The van der Waals surface area contributed by atoms with E-state index in [9.17, 15) is 0 Å². The fourth-order valence-corrected chi connectivity index (χ4v) is 4.12. The van der Waals surface area contributed by atoms with E-state index in [1.807, 2.05) is 0 Å². The fourth-order valence-electron chi connectivity index (χ4n) is 4.12. The lowest BCUT2D eigenvalue weighted by atomic mass is 10.0. The monoisotopic (exact) mass is 414 g/mol. The number of fused-ring (bicyclic) bond motifs is 2. The van der Waals surface area contributed by atoms with Crippen molar-refractivity contribution in [2.45, 2.75) is 19.5 Å². The first-order valence-corrected chi connectivity index (χ1v) is 10.8. The van der Waals surface area contributed by atoms with Gasteiger partial charge in [-0.05, 0) is 53.5 Å². The molecule has 0 atom stereocenters. The van der Waals surface area contributed by atoms with Gasteiger partial charge in [-0.1, -0.05) is 60.7 Å². The summed E-state index contributed by atoms with van der Waals surface area (Å²) in [7, 11) is 3.45. The summed E-state index contributed by atoms with van der Waals surface area (Å²) in [4.78, 5) is 0. The number of methoxy groups -OCH3 is 2. The number of hydrogen-bond acceptors (Lipinski definition) is 4. The van der Waals surface area contributed by atoms with Crippen LogP contribution in [0.3, 0.4) is 0 Å². The van der Waals surface area contributed by atoms with Gasteiger partial charge in [0.1, 0.15) is 11.5 Å². The lowest BCUT2D eigenvalue weighted by Gasteiger charge is -2.12. The van der Waals surface area contributed by atoms with Crippen molar-refractivity contribution in [1.82, 2.24) is 10.6 Å². The van der Waals surface area contributed by atoms with Gasteiger partial charge in [-0.3, -0.25) is 0 Å². The molecule has 0 aliphatic carbocycles. The Morgan fingerprint density at radius 1 is 0.548 bits per heavy atom. The zero-order chi connectivity index (χ0) is 21.5. The van der Waals surface area contributed by atoms with Crippen LogP contribution in [-0.4, -0.2) is 27.3 Å². The molecule has 2 N–H and O–H groups in total. The summed E-state index contributed by atoms with van der Waals surface area (Å²) < 4.78 is 11.0. The largest absolute Gasteiger partial charge is 0.496 e. The van der Waals surface area contributed by atoms with Crippen molar-refractivity contribution in [3.05, 3.63) is 83.9 Å². The van der Waals surface area contributed by atoms with E-state index in [-0.39, 0.29) is 0 Å². The van der Waals surface area contributed by atoms with Crippen LogP contribution < -0.4 is 20.1 Å². The van der Waals surface area contributed by atoms with Crippen LogP contribution in [0.15, 0.2) is 72.8 Å². The normalized spacial score (nSPS) is 11.2. The van der Waals surface area contributed by atoms with Crippen molar-refractivity contribution in [1.29, 1.82) is 0 Å². The third-order valence-electron chi connectivity index (χ3n) is 5.73. The van der Waals surface area contributed by atoms with Gasteiger partial charge in [-0.2, -0.15) is 0 Å². The first-order valence-electron chi connectivity index (χ1n) is 10.8. The second-order valence-corrected chi connectivity index (χ2v) is 7.65. The molecule has 4 aromatic rings. The second-order valence-electron chi connectivity index (χ2n) is 7.65. The molecule has 0 spiro atoms. The molecule has 0 saturated heterocycles. The van der Waals surface area contributed by atoms with Gasteiger partial charge in [-0.25, -0.2) is 0 Å². The van der Waals surface area contributed by atoms with Crippen LogP contribution in [-0.2, 0) is 13.1 Å². The topological polar surface area (TPSA) is 42.5 Å². The molecule has 4 rings (SSSR count). The van der Waals surface area contributed by atoms with Crippen LogP contribution in [0.5, 0.6) is 11.5 Å². The van der Waals surface area contributed by atoms with Gasteiger partial charge in [0.2, 0.25) is 0 Å². The van der Waals surface area contributed by atoms with E-state index in [1.165, 1.54) is 21.9 Å². The Bertz CT molecular complexity index is 1070. The molecule has 160 valence electrons. The van der Waals surface area contributed by atoms with E-state index in [0.717, 1.165) is 54.9 Å². The van der Waals surface area contributed by atoms with Gasteiger partial charge >= 0.3 is 0 Å². The van der Waals surface area contributed by atoms with Gasteiger partial charge < -0.3 is 20.1 Å². The van der Waals surface area contributed by atoms with E-state index in [0.29, 0.717) is 0 Å². The minimum atomic E-state index is 0.855. The molecule has 0 fully saturated rings. The van der Waals surface area contributed by atoms with Crippen molar-refractivity contribution >= 4 is 21.5 Å². The molecular weight excluding hydrogens is 384 g/mol. The zero-order valence-electron chi connectivity index (χ0n) is 18.3. The minimum absolute atomic E-state index is 0.855. The van der Waals surface area contributed by atoms with Crippen LogP contribution in [0.2, 0.25) is 0 Å². The highest BCUT2D eigenvalue weighted by molar-refractivity contribution is 5.91. The number of rotatable bonds is 10. The fraction of sp³-hybridized carbons (Fsp3) is 0.259. The highest BCUT2D eigenvalue weighted by Gasteiger charge is 2.07. The Labute approximate surface area is 184 Å². The molecule has 0 saturated carbocycles. The average Bonchev–Trinajstić information content (AvgIpc) is 2.83. The van der Waals surface area contributed by atoms with Crippen LogP contribution in [0, 0.1) is 0 Å². The maximum Gasteiger partial charge on any atom is 0.126 e. The summed E-state index contributed by atoms with van der Waals surface area (Å²) in [6.45, 7) is 3.65. The maximum absolute atomic E-state index is 5.49. The van der Waals surface area contributed by atoms with Crippen LogP contribution in [0.4, 0.5) is 0 Å². The van der Waals surface area contributed by atoms with Crippen LogP contribution in [0.25, 0.3) is 21.5 Å². The third-order valence-corrected chi connectivity index (χ3v) is 5.73. The molecule has 0 unspecified atom stereocenters. The van der Waals surface area contributed by atoms with Crippen molar-refractivity contribution in [3.8, 4) is 11.5 Å². The lowest BCUT2D eigenvalue weighted by Crippen LogP contribution is -2.21. The number of ether oxygens (including phenoxy) is 2. The molecule has 4 nitrogen and oxygen atoms in total. The quantitative estimate of drug-likeness (QED) is 0.347. The standard InChI is InChI=1S/C27H30N2O2/c1-30-26-14-12-20(22-8-3-5-10-24(22)26)18-28-16-7-17-29-19-21-13-15-27(31-2)25-11-6-4-9-23(21)25/h3-6,8-15,28-29H,7,16-19H2,1-2H3. The Hall–Kier alpha value is -3.08. The van der Waals surface area contributed by atoms with Crippen molar-refractivity contribution in [2.24, 2.45) is 0 Å². The Kier molecular flexibility index (Phi) is 7.03. The lowest BCUT2D eigenvalue weighted by molar-refractivity contribution is 0.419. The SMILES string of the molecule is COc1ccc(CNCCCNCc2ccc(OC)c3ccccc23)c2ccccc12. The number of hydrogen-bond donors (Lipinski definition) is 2. The van der Waals surface area contributed by atoms with Gasteiger partial charge in [0.25, 0.3) is 0 Å². The summed E-state index contributed by atoms with van der Waals surface area (Å²) in [6, 6.07) is 25.2. The van der Waals surface area contributed by atoms with Crippen molar-refractivity contribution < 1.29 is 9.47 Å². The molecular formula is C27H30N2O2. The Balaban J connectivity index is 1.26. The van der Waals surface area contributed by atoms with Gasteiger partial charge in [0.05, 0.1) is 14.2 Å². The summed E-state index contributed by atoms with van der Waals surface area (Å²) in [5.41, 5.74) is 2.60. The highest BCUT2D eigenvalue weighted by Crippen LogP contribution is 2.29. The second kappa shape index (κ2) is 10.3. The summed E-state index contributed by atoms with van der Waals surface area (Å²) in [5.74, 6) is 1.85. The summed E-state index contributed by atoms with van der Waals surface area (Å²) in [6.07, 6.45) is 1.07. The third kappa shape index (κ3) is 4.82. The average molecular weight is 415 g/mol. The molecule has 0 aromatic heterocycles. The van der Waals surface area contributed by atoms with E-state index < -0.39 is 0 Å². The number of nitrogens with one attached hydrogen (secondary N) is 2. The van der Waals surface area contributed by atoms with E-state index in [4.69, 9.17) is 9.47 Å². The molecule has 4 heteroatoms. The van der Waals surface area contributed by atoms with Crippen molar-refractivity contribution in [3.63, 3.8) is 0 Å². The van der Waals surface area contributed by atoms with E-state index in [1.54, 1.807) is 14.2 Å². The Morgan fingerprint density at radius 2 is 0.968 bits per heavy atom. The molecule has 0 heterocycles. The van der Waals surface area contributed by atoms with Gasteiger partial charge in [-0.15, -0.1) is 0 Å². The van der Waals surface area contributed by atoms with E-state index in [2.05, 4.69) is 83.4 Å². The smallest absolute Gasteiger partial charge is 0.126 e. The molecule has 0 bridgehead atoms. The predicted octanol–water partition coefficient (Wildman–Crippen LogP) is 5.28. The van der Waals surface area contributed by atoms with Gasteiger partial charge in [0, 0.05) is 23.9 Å². The van der Waals surface area contributed by atoms with Crippen molar-refractivity contribution in [2.75, 3.05) is 27.3 Å². The number of benzene rings is 4. The predicted molar refractivity (Wildman–Crippen MR) is 129 cm³/mol. The van der Waals surface area contributed by atoms with E-state index >= 15 is 0 Å². The molecule has 4 aromatic carbocycles. The summed E-state index contributed by atoms with van der Waals surface area (Å²) >= 11 is 0. The van der Waals surface area contributed by atoms with Crippen LogP contribution >= 0.6 is 0 Å². The van der Waals surface area contributed by atoms with Gasteiger partial charge in [0.15, 0.2) is 0 Å². The Morgan fingerprint density at radius 3 is 1.39 bits per heavy atom. The molecule has 31 heavy (non-hydrogen) atoms. The molecule has 0 aliphatic rings.